The largest absolute Gasteiger partial charge is 0.507 e. The molecule has 0 bridgehead atoms. The summed E-state index contributed by atoms with van der Waals surface area (Å²) in [6.07, 6.45) is 1.72. The quantitative estimate of drug-likeness (QED) is 0.333. The monoisotopic (exact) mass is 522 g/mol. The van der Waals surface area contributed by atoms with Crippen LogP contribution in [0.2, 0.25) is 0 Å². The first-order chi connectivity index (χ1) is 13.5. The number of hydrogen-bond acceptors (Lipinski definition) is 5. The van der Waals surface area contributed by atoms with Crippen LogP contribution in [0.3, 0.4) is 0 Å². The Morgan fingerprint density at radius 1 is 1.18 bits per heavy atom. The summed E-state index contributed by atoms with van der Waals surface area (Å²) in [5.74, 6) is 0.641. The highest BCUT2D eigenvalue weighted by molar-refractivity contribution is 9.10. The number of aromatic hydroxyl groups is 1. The Bertz CT molecular complexity index is 1010. The predicted molar refractivity (Wildman–Crippen MR) is 119 cm³/mol. The standard InChI is InChI=1S/C19H16Br2N4O2S/c1-2-9-25-18(15-10-13(21)5-8-16(15)26)23-24-19(25)28-11-17(27)22-14-6-3-12(20)4-7-14/h2-8,10,26H,1,9,11H2,(H,22,27). The number of carbonyl (C=O) groups is 1. The van der Waals surface area contributed by atoms with Gasteiger partial charge in [0.25, 0.3) is 0 Å². The van der Waals surface area contributed by atoms with Crippen LogP contribution < -0.4 is 5.32 Å². The third kappa shape index (κ3) is 5.03. The summed E-state index contributed by atoms with van der Waals surface area (Å²) in [7, 11) is 0. The Labute approximate surface area is 183 Å². The number of hydrogen-bond donors (Lipinski definition) is 2. The molecule has 0 saturated heterocycles. The zero-order chi connectivity index (χ0) is 20.1. The maximum Gasteiger partial charge on any atom is 0.234 e. The van der Waals surface area contributed by atoms with Crippen molar-refractivity contribution in [1.82, 2.24) is 14.8 Å². The van der Waals surface area contributed by atoms with Crippen molar-refractivity contribution in [3.8, 4) is 17.1 Å². The van der Waals surface area contributed by atoms with Crippen molar-refractivity contribution in [3.63, 3.8) is 0 Å². The zero-order valence-electron chi connectivity index (χ0n) is 14.6. The highest BCUT2D eigenvalue weighted by atomic mass is 79.9. The molecular formula is C19H16Br2N4O2S. The first kappa shape index (κ1) is 20.6. The van der Waals surface area contributed by atoms with Gasteiger partial charge in [-0.25, -0.2) is 0 Å². The molecule has 0 aliphatic heterocycles. The van der Waals surface area contributed by atoms with Crippen LogP contribution >= 0.6 is 43.6 Å². The van der Waals surface area contributed by atoms with Gasteiger partial charge in [0.2, 0.25) is 5.91 Å². The molecule has 1 aromatic heterocycles. The van der Waals surface area contributed by atoms with Crippen molar-refractivity contribution in [1.29, 1.82) is 0 Å². The highest BCUT2D eigenvalue weighted by Gasteiger charge is 2.17. The van der Waals surface area contributed by atoms with Gasteiger partial charge < -0.3 is 10.4 Å². The first-order valence-corrected chi connectivity index (χ1v) is 10.8. The lowest BCUT2D eigenvalue weighted by molar-refractivity contribution is -0.113. The van der Waals surface area contributed by atoms with E-state index in [2.05, 4.69) is 54.0 Å². The van der Waals surface area contributed by atoms with Gasteiger partial charge in [-0.2, -0.15) is 0 Å². The smallest absolute Gasteiger partial charge is 0.234 e. The normalized spacial score (nSPS) is 10.6. The number of rotatable bonds is 7. The Morgan fingerprint density at radius 3 is 2.61 bits per heavy atom. The molecule has 6 nitrogen and oxygen atoms in total. The molecule has 0 fully saturated rings. The lowest BCUT2D eigenvalue weighted by Crippen LogP contribution is -2.14. The summed E-state index contributed by atoms with van der Waals surface area (Å²) >= 11 is 8.03. The van der Waals surface area contributed by atoms with E-state index >= 15 is 0 Å². The summed E-state index contributed by atoms with van der Waals surface area (Å²) in [6, 6.07) is 12.5. The van der Waals surface area contributed by atoms with E-state index < -0.39 is 0 Å². The number of benzene rings is 2. The number of nitrogens with one attached hydrogen (secondary N) is 1. The van der Waals surface area contributed by atoms with Crippen LogP contribution in [0.4, 0.5) is 5.69 Å². The molecule has 0 spiro atoms. The van der Waals surface area contributed by atoms with Gasteiger partial charge in [0, 0.05) is 21.2 Å². The third-order valence-corrected chi connectivity index (χ3v) is 5.68. The molecule has 0 unspecified atom stereocenters. The summed E-state index contributed by atoms with van der Waals surface area (Å²) in [6.45, 7) is 4.22. The van der Waals surface area contributed by atoms with E-state index in [1.54, 1.807) is 24.3 Å². The molecule has 0 aliphatic carbocycles. The number of anilines is 1. The molecule has 1 heterocycles. The second-order valence-electron chi connectivity index (χ2n) is 5.71. The van der Waals surface area contributed by atoms with Crippen molar-refractivity contribution >= 4 is 55.2 Å². The number of allylic oxidation sites excluding steroid dienone is 1. The van der Waals surface area contributed by atoms with Gasteiger partial charge in [0.1, 0.15) is 5.75 Å². The van der Waals surface area contributed by atoms with Gasteiger partial charge in [-0.1, -0.05) is 49.7 Å². The van der Waals surface area contributed by atoms with E-state index in [0.29, 0.717) is 23.1 Å². The van der Waals surface area contributed by atoms with Crippen molar-refractivity contribution in [2.75, 3.05) is 11.1 Å². The number of aromatic nitrogens is 3. The van der Waals surface area contributed by atoms with Gasteiger partial charge in [-0.05, 0) is 42.5 Å². The third-order valence-electron chi connectivity index (χ3n) is 3.69. The number of phenolic OH excluding ortho intramolecular Hbond substituents is 1. The molecule has 28 heavy (non-hydrogen) atoms. The molecular weight excluding hydrogens is 508 g/mol. The molecule has 0 radical (unpaired) electrons. The van der Waals surface area contributed by atoms with Crippen LogP contribution in [0.1, 0.15) is 0 Å². The average molecular weight is 524 g/mol. The lowest BCUT2D eigenvalue weighted by atomic mass is 10.2. The lowest BCUT2D eigenvalue weighted by Gasteiger charge is -2.09. The van der Waals surface area contributed by atoms with E-state index in [9.17, 15) is 9.90 Å². The zero-order valence-corrected chi connectivity index (χ0v) is 18.6. The number of phenols is 1. The summed E-state index contributed by atoms with van der Waals surface area (Å²) in [4.78, 5) is 12.2. The molecule has 144 valence electrons. The van der Waals surface area contributed by atoms with Crippen molar-refractivity contribution in [3.05, 3.63) is 64.1 Å². The molecule has 0 saturated carbocycles. The van der Waals surface area contributed by atoms with Crippen LogP contribution in [-0.2, 0) is 11.3 Å². The Morgan fingerprint density at radius 2 is 1.89 bits per heavy atom. The maximum atomic E-state index is 12.2. The number of carbonyl (C=O) groups excluding carboxylic acids is 1. The van der Waals surface area contributed by atoms with E-state index in [-0.39, 0.29) is 17.4 Å². The fourth-order valence-corrected chi connectivity index (χ4v) is 3.81. The maximum absolute atomic E-state index is 12.2. The molecule has 2 aromatic carbocycles. The molecule has 1 amide bonds. The van der Waals surface area contributed by atoms with Gasteiger partial charge in [-0.3, -0.25) is 9.36 Å². The SMILES string of the molecule is C=CCn1c(SCC(=O)Nc2ccc(Br)cc2)nnc1-c1cc(Br)ccc1O. The van der Waals surface area contributed by atoms with Crippen LogP contribution in [0.15, 0.2) is 69.2 Å². The summed E-state index contributed by atoms with van der Waals surface area (Å²) in [5.41, 5.74) is 1.27. The number of amides is 1. The van der Waals surface area contributed by atoms with E-state index in [1.165, 1.54) is 11.8 Å². The van der Waals surface area contributed by atoms with Crippen LogP contribution in [0, 0.1) is 0 Å². The van der Waals surface area contributed by atoms with E-state index in [4.69, 9.17) is 0 Å². The minimum Gasteiger partial charge on any atom is -0.507 e. The molecule has 0 aliphatic rings. The highest BCUT2D eigenvalue weighted by Crippen LogP contribution is 2.32. The molecule has 3 aromatic rings. The average Bonchev–Trinajstić information content (AvgIpc) is 3.07. The predicted octanol–water partition coefficient (Wildman–Crippen LogP) is 5.09. The summed E-state index contributed by atoms with van der Waals surface area (Å²) < 4.78 is 3.57. The van der Waals surface area contributed by atoms with Gasteiger partial charge in [0.05, 0.1) is 11.3 Å². The second-order valence-corrected chi connectivity index (χ2v) is 8.48. The topological polar surface area (TPSA) is 80.0 Å². The second kappa shape index (κ2) is 9.40. The molecule has 9 heteroatoms. The summed E-state index contributed by atoms with van der Waals surface area (Å²) in [5, 5.41) is 22.0. The Kier molecular flexibility index (Phi) is 6.93. The minimum absolute atomic E-state index is 0.102. The Balaban J connectivity index is 1.76. The minimum atomic E-state index is -0.146. The fraction of sp³-hybridized carbons (Fsp3) is 0.105. The first-order valence-electron chi connectivity index (χ1n) is 8.19. The van der Waals surface area contributed by atoms with Crippen LogP contribution in [0.5, 0.6) is 5.75 Å². The number of nitrogens with zero attached hydrogens (tertiary/aromatic N) is 3. The van der Waals surface area contributed by atoms with E-state index in [0.717, 1.165) is 14.6 Å². The van der Waals surface area contributed by atoms with Gasteiger partial charge in [0.15, 0.2) is 11.0 Å². The Hall–Kier alpha value is -2.10. The molecule has 0 atom stereocenters. The fourth-order valence-electron chi connectivity index (χ4n) is 2.44. The van der Waals surface area contributed by atoms with Crippen molar-refractivity contribution in [2.45, 2.75) is 11.7 Å². The number of halogens is 2. The van der Waals surface area contributed by atoms with Gasteiger partial charge >= 0.3 is 0 Å². The molecule has 2 N–H and O–H groups in total. The van der Waals surface area contributed by atoms with Crippen LogP contribution in [-0.4, -0.2) is 31.5 Å². The van der Waals surface area contributed by atoms with Crippen LogP contribution in [0.25, 0.3) is 11.4 Å². The number of thioether (sulfide) groups is 1. The van der Waals surface area contributed by atoms with Crippen molar-refractivity contribution in [2.24, 2.45) is 0 Å². The van der Waals surface area contributed by atoms with Crippen molar-refractivity contribution < 1.29 is 9.90 Å². The molecule has 3 rings (SSSR count). The van der Waals surface area contributed by atoms with Gasteiger partial charge in [-0.15, -0.1) is 16.8 Å². The van der Waals surface area contributed by atoms with E-state index in [1.807, 2.05) is 28.8 Å².